The van der Waals surface area contributed by atoms with E-state index in [9.17, 15) is 58.7 Å². The molecule has 0 bridgehead atoms. The first-order valence-corrected chi connectivity index (χ1v) is 56.1. The van der Waals surface area contributed by atoms with Gasteiger partial charge in [0.15, 0.2) is 19.7 Å². The Morgan fingerprint density at radius 2 is 0.814 bits per heavy atom. The quantitative estimate of drug-likeness (QED) is 0.0622. The minimum atomic E-state index is -4.39. The highest BCUT2D eigenvalue weighted by Gasteiger charge is 2.54. The van der Waals surface area contributed by atoms with Crippen LogP contribution in [-0.4, -0.2) is 104 Å². The Hall–Kier alpha value is -6.22. The Bertz CT molecular complexity index is 5130. The van der Waals surface area contributed by atoms with Crippen LogP contribution in [0, 0.1) is 85.6 Å². The standard InChI is InChI=1S/C30H43NO2S.C29H40O3S.C25H36F2O3S.C25H36O3S.C2H4/c1-22-13-16-26(32)21-25(22)15-14-24-10-7-19-30(3)28(17-18-29(24)30)23(2)9-8-20-34(31,33)27-11-5-4-6-12-27;1-21-11-14-25(30)20-24(21)13-12-23-8-7-18-29(3)27(15-16-28(23)29)22(2)17-19-33(31,32)26-9-5-4-6-10-26;1-17-7-10-21(28)16-20(17)9-8-19-6-5-14-24(3)22(11-12-23(19)24)18(2)13-15-25(26,27)31(4,29)30;1-18-9-12-22(26)17-21(18)11-10-20-8-5-15-25(3)23(13-14-24(20)25)19(2)7-6-16-29(4,27)28;1-2/h4-6,11-12,14-15,23,26,28-29,31-32H,1,7-10,13,16-21H2,2-3H3;4-6,9-10,12-13,22,25,27-28,30H,1,7-8,11,14-20H2,2-3H3;8-9,11,18,21,23,28H,1,5-7,10,12-16H2,2-4H3;6,10-11,13,16,19,22,24,26H,1,5,7-9,12,14-15,17H2,2-4H3;1-2H2/b24-14+,25-15-;23-12+,24-13-;19-8+,20-9-;16-6+,20-10+,21-11-;/t23-,26-,28?,29-,30+,34?;22-,25-,27?,28-,29+;18?,21-,23-,24+;19?,22-,24-,25+;/m0000./s1. The first kappa shape index (κ1) is 105. The molecule has 0 aliphatic heterocycles. The van der Waals surface area contributed by atoms with E-state index >= 15 is 0 Å². The summed E-state index contributed by atoms with van der Waals surface area (Å²) in [6, 6.07) is 18.2. The Labute approximate surface area is 778 Å². The van der Waals surface area contributed by atoms with Crippen molar-refractivity contribution in [2.75, 3.05) is 24.0 Å². The topological polar surface area (TPSA) is 224 Å². The lowest BCUT2D eigenvalue weighted by molar-refractivity contribution is 0.0756. The molecule has 5 N–H and O–H groups in total. The maximum Gasteiger partial charge on any atom is 0.345 e. The molecule has 2 aromatic carbocycles. The number of nitrogens with one attached hydrogen (secondary N) is 1. The lowest BCUT2D eigenvalue weighted by Gasteiger charge is -2.44. The minimum absolute atomic E-state index is 0.0640. The van der Waals surface area contributed by atoms with Gasteiger partial charge in [0.25, 0.3) is 0 Å². The number of aliphatic hydroxyl groups is 4. The molecule has 19 atom stereocenters. The van der Waals surface area contributed by atoms with Gasteiger partial charge in [-0.2, -0.15) is 8.78 Å². The highest BCUT2D eigenvalue weighted by Crippen LogP contribution is 2.63. The Morgan fingerprint density at radius 3 is 1.19 bits per heavy atom. The fourth-order valence-corrected chi connectivity index (χ4v) is 29.2. The summed E-state index contributed by atoms with van der Waals surface area (Å²) in [7, 11) is -13.4. The van der Waals surface area contributed by atoms with Gasteiger partial charge in [-0.15, -0.1) is 13.2 Å². The van der Waals surface area contributed by atoms with Crippen LogP contribution in [0.4, 0.5) is 8.78 Å². The van der Waals surface area contributed by atoms with Crippen molar-refractivity contribution in [3.63, 3.8) is 0 Å². The third kappa shape index (κ3) is 26.5. The zero-order chi connectivity index (χ0) is 94.2. The third-order valence-electron chi connectivity index (χ3n) is 32.9. The molecule has 712 valence electrons. The molecule has 12 aliphatic rings. The number of alkyl halides is 2. The summed E-state index contributed by atoms with van der Waals surface area (Å²) >= 11 is 0. The summed E-state index contributed by atoms with van der Waals surface area (Å²) in [5.41, 5.74) is 18.9. The number of rotatable bonds is 24. The van der Waals surface area contributed by atoms with E-state index in [1.807, 2.05) is 49.4 Å². The van der Waals surface area contributed by atoms with Gasteiger partial charge in [0.05, 0.1) is 44.8 Å². The molecule has 0 saturated heterocycles. The minimum Gasteiger partial charge on any atom is -0.393 e. The molecular formula is C111H159F2NO11S4. The largest absolute Gasteiger partial charge is 0.393 e. The zero-order valence-corrected chi connectivity index (χ0v) is 83.2. The van der Waals surface area contributed by atoms with Crippen LogP contribution in [0.5, 0.6) is 0 Å². The van der Waals surface area contributed by atoms with Gasteiger partial charge in [-0.3, -0.25) is 0 Å². The predicted octanol–water partition coefficient (Wildman–Crippen LogP) is 26.9. The van der Waals surface area contributed by atoms with E-state index in [1.165, 1.54) is 138 Å². The molecule has 5 unspecified atom stereocenters. The van der Waals surface area contributed by atoms with Gasteiger partial charge >= 0.3 is 5.25 Å². The highest BCUT2D eigenvalue weighted by molar-refractivity contribution is 7.93. The molecule has 2 aromatic rings. The summed E-state index contributed by atoms with van der Waals surface area (Å²) in [6.07, 6.45) is 58.8. The summed E-state index contributed by atoms with van der Waals surface area (Å²) in [6.45, 7) is 41.2. The molecule has 0 radical (unpaired) electrons. The van der Waals surface area contributed by atoms with Crippen LogP contribution in [0.25, 0.3) is 0 Å². The molecule has 129 heavy (non-hydrogen) atoms. The number of hydrogen-bond acceptors (Lipinski definition) is 12. The van der Waals surface area contributed by atoms with Crippen molar-refractivity contribution in [1.29, 1.82) is 4.78 Å². The van der Waals surface area contributed by atoms with Crippen LogP contribution in [0.3, 0.4) is 0 Å². The fraction of sp³-hybridized carbons (Fsp3) is 0.604. The first-order chi connectivity index (χ1) is 60.9. The molecule has 0 aromatic heterocycles. The monoisotopic (exact) mass is 1850 g/mol. The summed E-state index contributed by atoms with van der Waals surface area (Å²) in [5.74, 6) is 5.34. The van der Waals surface area contributed by atoms with E-state index in [0.717, 1.165) is 152 Å². The molecular weight excluding hydrogens is 1690 g/mol. The number of hydrogen-bond donors (Lipinski definition) is 5. The Kier molecular flexibility index (Phi) is 36.9. The number of halogens is 2. The second-order valence-electron chi connectivity index (χ2n) is 41.8. The molecule has 0 amide bonds. The van der Waals surface area contributed by atoms with Crippen molar-refractivity contribution in [2.45, 2.75) is 326 Å². The summed E-state index contributed by atoms with van der Waals surface area (Å²) in [5, 5.41) is 37.8. The van der Waals surface area contributed by atoms with Crippen LogP contribution in [-0.2, 0) is 39.2 Å². The van der Waals surface area contributed by atoms with Crippen molar-refractivity contribution in [3.8, 4) is 0 Å². The molecule has 0 spiro atoms. The fourth-order valence-electron chi connectivity index (χ4n) is 25.4. The van der Waals surface area contributed by atoms with Crippen molar-refractivity contribution >= 4 is 39.2 Å². The Balaban J connectivity index is 0.000000178. The van der Waals surface area contributed by atoms with Crippen molar-refractivity contribution in [2.24, 2.45) is 80.8 Å². The van der Waals surface area contributed by atoms with Crippen LogP contribution < -0.4 is 0 Å². The average molecular weight is 1850 g/mol. The van der Waals surface area contributed by atoms with E-state index in [1.54, 1.807) is 35.4 Å². The van der Waals surface area contributed by atoms with Gasteiger partial charge in [-0.1, -0.05) is 241 Å². The van der Waals surface area contributed by atoms with Crippen LogP contribution in [0.2, 0.25) is 0 Å². The zero-order valence-electron chi connectivity index (χ0n) is 79.9. The predicted molar refractivity (Wildman–Crippen MR) is 532 cm³/mol. The van der Waals surface area contributed by atoms with Crippen molar-refractivity contribution < 1.29 is 58.7 Å². The maximum atomic E-state index is 14.0. The summed E-state index contributed by atoms with van der Waals surface area (Å²) in [4.78, 5) is 1.11. The lowest BCUT2D eigenvalue weighted by atomic mass is 9.61. The number of aliphatic hydroxyl groups excluding tert-OH is 4. The van der Waals surface area contributed by atoms with Gasteiger partial charge in [0.1, 0.15) is 0 Å². The first-order valence-electron chi connectivity index (χ1n) is 48.8. The van der Waals surface area contributed by atoms with Gasteiger partial charge in [-0.05, 0) is 352 Å². The Morgan fingerprint density at radius 1 is 0.457 bits per heavy atom. The number of fused-ring (bicyclic) bond motifs is 4. The van der Waals surface area contributed by atoms with Gasteiger partial charge in [0.2, 0.25) is 9.84 Å². The van der Waals surface area contributed by atoms with Crippen LogP contribution in [0.15, 0.2) is 260 Å². The number of allylic oxidation sites excluding steroid dienone is 21. The summed E-state index contributed by atoms with van der Waals surface area (Å²) < 4.78 is 120. The third-order valence-corrected chi connectivity index (χ3v) is 38.5. The van der Waals surface area contributed by atoms with E-state index < -0.39 is 50.9 Å². The number of sulfone groups is 3. The second kappa shape index (κ2) is 45.4. The molecule has 10 saturated carbocycles. The van der Waals surface area contributed by atoms with Crippen LogP contribution >= 0.6 is 0 Å². The lowest BCUT2D eigenvalue weighted by Crippen LogP contribution is -2.36. The SMILES string of the molecule is C=C.C=C1CC[C@H](O)C/C1=C/C=C1\CCC[C@]2(C)C(C(C)C/C=C/S(C)(=O)=O)=CC[C@@H]12.C=C1CC[C@H](O)C/C1=C/C=C1\CCC[C@]2(C)C(C(C)CCC(F)(F)S(C)(=O)=O)=CC[C@@H]12.C=C1CC[C@H](O)C/C1=C/C=C1\CCC[C@]2(C)C([C@@H](C)CCCS(=N)(=O)c3ccccc3)CC[C@@H]12.C=C1CC[C@H](O)C/C1=C/C=C1\CCC[C@]2(C)C([C@@H](C)CCS(=O)(=O)c3ccccc3)CC[C@@H]12. The highest BCUT2D eigenvalue weighted by atomic mass is 32.2. The smallest absolute Gasteiger partial charge is 0.345 e. The number of benzene rings is 2. The second-order valence-corrected chi connectivity index (χ2v) is 50.2. The maximum absolute atomic E-state index is 14.0. The van der Waals surface area contributed by atoms with E-state index in [-0.39, 0.29) is 58.8 Å². The molecule has 18 heteroatoms. The van der Waals surface area contributed by atoms with E-state index in [4.69, 9.17) is 4.78 Å². The van der Waals surface area contributed by atoms with E-state index in [2.05, 4.69) is 149 Å². The van der Waals surface area contributed by atoms with E-state index in [0.29, 0.717) is 86.9 Å². The van der Waals surface area contributed by atoms with Gasteiger partial charge in [-0.25, -0.2) is 34.2 Å². The molecule has 12 aliphatic carbocycles. The van der Waals surface area contributed by atoms with Crippen LogP contribution in [0.1, 0.15) is 287 Å². The van der Waals surface area contributed by atoms with Gasteiger partial charge < -0.3 is 20.4 Å². The molecule has 12 nitrogen and oxygen atoms in total. The molecule has 14 rings (SSSR count). The molecule has 10 fully saturated rings. The van der Waals surface area contributed by atoms with Gasteiger partial charge in [0, 0.05) is 35.0 Å². The van der Waals surface area contributed by atoms with Crippen molar-refractivity contribution in [3.05, 3.63) is 250 Å². The van der Waals surface area contributed by atoms with Crippen molar-refractivity contribution in [1.82, 2.24) is 0 Å². The average Bonchev–Trinajstić information content (AvgIpc) is 1.63. The normalized spacial score (nSPS) is 33.7. The molecule has 0 heterocycles.